The van der Waals surface area contributed by atoms with Crippen molar-refractivity contribution in [1.29, 1.82) is 0 Å². The van der Waals surface area contributed by atoms with Crippen LogP contribution in [0.15, 0.2) is 18.2 Å². The fourth-order valence-electron chi connectivity index (χ4n) is 1.86. The van der Waals surface area contributed by atoms with Gasteiger partial charge in [0.05, 0.1) is 6.04 Å². The maximum atomic E-state index is 13.4. The smallest absolute Gasteiger partial charge is 0.220 e. The minimum atomic E-state index is -0.240. The van der Waals surface area contributed by atoms with Crippen LogP contribution in [-0.4, -0.2) is 11.9 Å². The summed E-state index contributed by atoms with van der Waals surface area (Å²) in [4.78, 5) is 11.7. The van der Waals surface area contributed by atoms with Crippen LogP contribution in [-0.2, 0) is 4.79 Å². The van der Waals surface area contributed by atoms with Gasteiger partial charge in [0.25, 0.3) is 0 Å². The summed E-state index contributed by atoms with van der Waals surface area (Å²) < 4.78 is 13.4. The van der Waals surface area contributed by atoms with E-state index in [1.807, 2.05) is 19.9 Å². The van der Waals surface area contributed by atoms with Gasteiger partial charge in [-0.05, 0) is 50.8 Å². The van der Waals surface area contributed by atoms with Gasteiger partial charge in [0.1, 0.15) is 5.82 Å². The van der Waals surface area contributed by atoms with Crippen LogP contribution in [0, 0.1) is 12.7 Å². The van der Waals surface area contributed by atoms with Crippen LogP contribution < -0.4 is 11.1 Å². The molecule has 0 spiro atoms. The Bertz CT molecular complexity index is 432. The molecule has 2 atom stereocenters. The first-order chi connectivity index (χ1) is 8.90. The standard InChI is InChI=1S/C15H23FN2O/c1-10-7-8-13(9-14(10)16)12(3)18-15(19)6-4-5-11(2)17/h7-9,11-12H,4-6,17H2,1-3H3,(H,18,19). The molecule has 0 heterocycles. The summed E-state index contributed by atoms with van der Waals surface area (Å²) in [6, 6.07) is 4.98. The molecular weight excluding hydrogens is 243 g/mol. The summed E-state index contributed by atoms with van der Waals surface area (Å²) in [5.74, 6) is -0.260. The highest BCUT2D eigenvalue weighted by molar-refractivity contribution is 5.76. The molecule has 0 aromatic heterocycles. The second kappa shape index (κ2) is 7.24. The Kier molecular flexibility index (Phi) is 5.96. The number of carbonyl (C=O) groups excluding carboxylic acids is 1. The second-order valence-corrected chi connectivity index (χ2v) is 5.17. The molecule has 2 unspecified atom stereocenters. The second-order valence-electron chi connectivity index (χ2n) is 5.17. The molecule has 1 rings (SSSR count). The van der Waals surface area contributed by atoms with Gasteiger partial charge in [0.2, 0.25) is 5.91 Å². The van der Waals surface area contributed by atoms with Crippen molar-refractivity contribution in [2.24, 2.45) is 5.73 Å². The quantitative estimate of drug-likeness (QED) is 0.832. The predicted octanol–water partition coefficient (Wildman–Crippen LogP) is 2.83. The molecule has 0 aliphatic heterocycles. The average Bonchev–Trinajstić information content (AvgIpc) is 2.32. The summed E-state index contributed by atoms with van der Waals surface area (Å²) in [5, 5.41) is 2.87. The highest BCUT2D eigenvalue weighted by Gasteiger charge is 2.11. The van der Waals surface area contributed by atoms with Crippen LogP contribution >= 0.6 is 0 Å². The molecule has 1 amide bonds. The number of amides is 1. The van der Waals surface area contributed by atoms with Gasteiger partial charge in [-0.15, -0.1) is 0 Å². The van der Waals surface area contributed by atoms with Crippen molar-refractivity contribution in [2.45, 2.75) is 52.1 Å². The molecular formula is C15H23FN2O. The zero-order chi connectivity index (χ0) is 14.4. The summed E-state index contributed by atoms with van der Waals surface area (Å²) >= 11 is 0. The molecule has 1 aromatic rings. The van der Waals surface area contributed by atoms with E-state index in [9.17, 15) is 9.18 Å². The first-order valence-electron chi connectivity index (χ1n) is 6.71. The summed E-state index contributed by atoms with van der Waals surface area (Å²) in [5.41, 5.74) is 7.02. The van der Waals surface area contributed by atoms with Gasteiger partial charge in [-0.3, -0.25) is 4.79 Å². The summed E-state index contributed by atoms with van der Waals surface area (Å²) in [7, 11) is 0. The number of hydrogen-bond donors (Lipinski definition) is 2. The molecule has 106 valence electrons. The maximum Gasteiger partial charge on any atom is 0.220 e. The van der Waals surface area contributed by atoms with Gasteiger partial charge in [-0.25, -0.2) is 4.39 Å². The van der Waals surface area contributed by atoms with Crippen LogP contribution in [0.5, 0.6) is 0 Å². The Morgan fingerprint density at radius 1 is 1.42 bits per heavy atom. The molecule has 0 radical (unpaired) electrons. The molecule has 19 heavy (non-hydrogen) atoms. The molecule has 3 N–H and O–H groups in total. The lowest BCUT2D eigenvalue weighted by Crippen LogP contribution is -2.27. The van der Waals surface area contributed by atoms with Crippen molar-refractivity contribution in [3.05, 3.63) is 35.1 Å². The van der Waals surface area contributed by atoms with Gasteiger partial charge in [0, 0.05) is 12.5 Å². The fourth-order valence-corrected chi connectivity index (χ4v) is 1.86. The Morgan fingerprint density at radius 2 is 2.11 bits per heavy atom. The van der Waals surface area contributed by atoms with Gasteiger partial charge >= 0.3 is 0 Å². The zero-order valence-corrected chi connectivity index (χ0v) is 11.9. The van der Waals surface area contributed by atoms with Crippen LogP contribution in [0.4, 0.5) is 4.39 Å². The largest absolute Gasteiger partial charge is 0.350 e. The lowest BCUT2D eigenvalue weighted by Gasteiger charge is -2.15. The molecule has 0 saturated carbocycles. The third-order valence-corrected chi connectivity index (χ3v) is 3.14. The van der Waals surface area contributed by atoms with E-state index >= 15 is 0 Å². The van der Waals surface area contributed by atoms with E-state index < -0.39 is 0 Å². The lowest BCUT2D eigenvalue weighted by atomic mass is 10.1. The SMILES string of the molecule is Cc1ccc(C(C)NC(=O)CCCC(C)N)cc1F. The van der Waals surface area contributed by atoms with Gasteiger partial charge in [-0.2, -0.15) is 0 Å². The molecule has 0 aliphatic rings. The Morgan fingerprint density at radius 3 is 2.68 bits per heavy atom. The molecule has 1 aromatic carbocycles. The Labute approximate surface area is 114 Å². The molecule has 3 nitrogen and oxygen atoms in total. The Balaban J connectivity index is 2.47. The van der Waals surface area contributed by atoms with E-state index in [0.717, 1.165) is 18.4 Å². The van der Waals surface area contributed by atoms with Gasteiger partial charge in [-0.1, -0.05) is 12.1 Å². The average molecular weight is 266 g/mol. The van der Waals surface area contributed by atoms with Gasteiger partial charge in [0.15, 0.2) is 0 Å². The fraction of sp³-hybridized carbons (Fsp3) is 0.533. The number of aryl methyl sites for hydroxylation is 1. The number of rotatable bonds is 6. The monoisotopic (exact) mass is 266 g/mol. The summed E-state index contributed by atoms with van der Waals surface area (Å²) in [6.07, 6.45) is 2.07. The third kappa shape index (κ3) is 5.39. The minimum Gasteiger partial charge on any atom is -0.350 e. The normalized spacial score (nSPS) is 13.9. The van der Waals surface area contributed by atoms with Gasteiger partial charge < -0.3 is 11.1 Å². The molecule has 0 bridgehead atoms. The van der Waals surface area contributed by atoms with E-state index in [4.69, 9.17) is 5.73 Å². The number of nitrogens with one attached hydrogen (secondary N) is 1. The predicted molar refractivity (Wildman–Crippen MR) is 75.2 cm³/mol. The minimum absolute atomic E-state index is 0.0193. The summed E-state index contributed by atoms with van der Waals surface area (Å²) in [6.45, 7) is 5.50. The highest BCUT2D eigenvalue weighted by Crippen LogP contribution is 2.16. The maximum absolute atomic E-state index is 13.4. The van der Waals surface area contributed by atoms with Crippen molar-refractivity contribution in [3.8, 4) is 0 Å². The van der Waals surface area contributed by atoms with Crippen LogP contribution in [0.3, 0.4) is 0 Å². The molecule has 4 heteroatoms. The van der Waals surface area contributed by atoms with Crippen LogP contribution in [0.1, 0.15) is 50.3 Å². The number of carbonyl (C=O) groups is 1. The lowest BCUT2D eigenvalue weighted by molar-refractivity contribution is -0.121. The van der Waals surface area contributed by atoms with Crippen molar-refractivity contribution < 1.29 is 9.18 Å². The van der Waals surface area contributed by atoms with Crippen molar-refractivity contribution in [3.63, 3.8) is 0 Å². The highest BCUT2D eigenvalue weighted by atomic mass is 19.1. The Hall–Kier alpha value is -1.42. The van der Waals surface area contributed by atoms with Crippen LogP contribution in [0.25, 0.3) is 0 Å². The third-order valence-electron chi connectivity index (χ3n) is 3.14. The van der Waals surface area contributed by atoms with Crippen molar-refractivity contribution >= 4 is 5.91 Å². The van der Waals surface area contributed by atoms with E-state index in [1.165, 1.54) is 6.07 Å². The number of benzene rings is 1. The zero-order valence-electron chi connectivity index (χ0n) is 11.9. The molecule has 0 saturated heterocycles. The van der Waals surface area contributed by atoms with E-state index in [-0.39, 0.29) is 23.8 Å². The number of halogens is 1. The molecule has 0 aliphatic carbocycles. The topological polar surface area (TPSA) is 55.1 Å². The van der Waals surface area contributed by atoms with E-state index in [0.29, 0.717) is 12.0 Å². The first kappa shape index (κ1) is 15.6. The van der Waals surface area contributed by atoms with Crippen molar-refractivity contribution in [1.82, 2.24) is 5.32 Å². The first-order valence-corrected chi connectivity index (χ1v) is 6.71. The molecule has 0 fully saturated rings. The van der Waals surface area contributed by atoms with E-state index in [2.05, 4.69) is 5.32 Å². The van der Waals surface area contributed by atoms with Crippen LogP contribution in [0.2, 0.25) is 0 Å². The number of nitrogens with two attached hydrogens (primary N) is 1. The number of hydrogen-bond acceptors (Lipinski definition) is 2. The van der Waals surface area contributed by atoms with E-state index in [1.54, 1.807) is 13.0 Å². The van der Waals surface area contributed by atoms with Crippen molar-refractivity contribution in [2.75, 3.05) is 0 Å².